The van der Waals surface area contributed by atoms with Crippen LogP contribution in [0, 0.1) is 13.8 Å². The minimum atomic E-state index is -0.562. The van der Waals surface area contributed by atoms with E-state index in [1.54, 1.807) is 14.0 Å². The van der Waals surface area contributed by atoms with Gasteiger partial charge in [-0.2, -0.15) is 0 Å². The topological polar surface area (TPSA) is 47.6 Å². The minimum Gasteiger partial charge on any atom is -0.497 e. The van der Waals surface area contributed by atoms with Crippen LogP contribution in [-0.2, 0) is 4.79 Å². The van der Waals surface area contributed by atoms with Crippen molar-refractivity contribution in [3.8, 4) is 11.5 Å². The molecule has 2 rings (SSSR count). The molecule has 2 aromatic carbocycles. The second kappa shape index (κ2) is 8.56. The molecule has 2 atom stereocenters. The number of benzene rings is 2. The zero-order chi connectivity index (χ0) is 18.4. The van der Waals surface area contributed by atoms with Gasteiger partial charge in [0.25, 0.3) is 5.91 Å². The smallest absolute Gasteiger partial charge is 0.261 e. The van der Waals surface area contributed by atoms with Gasteiger partial charge < -0.3 is 14.8 Å². The van der Waals surface area contributed by atoms with Crippen molar-refractivity contribution in [2.45, 2.75) is 46.3 Å². The molecule has 2 aromatic rings. The van der Waals surface area contributed by atoms with E-state index in [1.807, 2.05) is 57.2 Å². The Balaban J connectivity index is 2.02. The average molecular weight is 341 g/mol. The molecule has 4 nitrogen and oxygen atoms in total. The van der Waals surface area contributed by atoms with Gasteiger partial charge in [0.1, 0.15) is 11.5 Å². The molecule has 25 heavy (non-hydrogen) atoms. The third kappa shape index (κ3) is 5.24. The fourth-order valence-electron chi connectivity index (χ4n) is 2.80. The van der Waals surface area contributed by atoms with Crippen molar-refractivity contribution < 1.29 is 14.3 Å². The Labute approximate surface area is 150 Å². The number of hydrogen-bond acceptors (Lipinski definition) is 3. The van der Waals surface area contributed by atoms with Crippen LogP contribution >= 0.6 is 0 Å². The van der Waals surface area contributed by atoms with Crippen LogP contribution in [0.5, 0.6) is 11.5 Å². The summed E-state index contributed by atoms with van der Waals surface area (Å²) in [5.41, 5.74) is 3.29. The molecule has 0 radical (unpaired) electrons. The van der Waals surface area contributed by atoms with Gasteiger partial charge in [-0.15, -0.1) is 0 Å². The molecule has 0 aliphatic heterocycles. The van der Waals surface area contributed by atoms with E-state index in [9.17, 15) is 4.79 Å². The summed E-state index contributed by atoms with van der Waals surface area (Å²) in [4.78, 5) is 12.5. The summed E-state index contributed by atoms with van der Waals surface area (Å²) in [6.07, 6.45) is 0.238. The van der Waals surface area contributed by atoms with E-state index in [4.69, 9.17) is 9.47 Å². The predicted molar refractivity (Wildman–Crippen MR) is 100 cm³/mol. The number of methoxy groups -OCH3 is 1. The number of amides is 1. The number of nitrogens with one attached hydrogen (secondary N) is 1. The summed E-state index contributed by atoms with van der Waals surface area (Å²) in [5.74, 6) is 1.40. The second-order valence-electron chi connectivity index (χ2n) is 6.33. The molecule has 0 saturated carbocycles. The van der Waals surface area contributed by atoms with E-state index >= 15 is 0 Å². The maximum absolute atomic E-state index is 12.5. The molecule has 1 N–H and O–H groups in total. The van der Waals surface area contributed by atoms with Gasteiger partial charge in [-0.3, -0.25) is 4.79 Å². The maximum atomic E-state index is 12.5. The summed E-state index contributed by atoms with van der Waals surface area (Å²) < 4.78 is 11.0. The molecule has 0 aromatic heterocycles. The Morgan fingerprint density at radius 2 is 1.64 bits per heavy atom. The molecule has 0 aliphatic rings. The maximum Gasteiger partial charge on any atom is 0.261 e. The zero-order valence-electron chi connectivity index (χ0n) is 15.6. The quantitative estimate of drug-likeness (QED) is 0.814. The number of hydrogen-bond donors (Lipinski definition) is 1. The molecule has 0 spiro atoms. The van der Waals surface area contributed by atoms with Crippen LogP contribution in [0.25, 0.3) is 0 Å². The molecule has 0 unspecified atom stereocenters. The van der Waals surface area contributed by atoms with Gasteiger partial charge in [0, 0.05) is 0 Å². The molecule has 4 heteroatoms. The highest BCUT2D eigenvalue weighted by atomic mass is 16.5. The SMILES string of the molecule is CC[C@H](NC(=O)[C@@H](C)Oc1cc(C)cc(C)c1)c1ccc(OC)cc1. The van der Waals surface area contributed by atoms with E-state index < -0.39 is 6.10 Å². The lowest BCUT2D eigenvalue weighted by molar-refractivity contribution is -0.128. The number of rotatable bonds is 7. The summed E-state index contributed by atoms with van der Waals surface area (Å²) in [6.45, 7) is 7.85. The molecule has 0 fully saturated rings. The molecule has 0 saturated heterocycles. The van der Waals surface area contributed by atoms with Crippen LogP contribution in [0.2, 0.25) is 0 Å². The highest BCUT2D eigenvalue weighted by Gasteiger charge is 2.19. The van der Waals surface area contributed by atoms with Crippen molar-refractivity contribution in [1.82, 2.24) is 5.32 Å². The normalized spacial score (nSPS) is 13.0. The highest BCUT2D eigenvalue weighted by molar-refractivity contribution is 5.81. The minimum absolute atomic E-state index is 0.0521. The van der Waals surface area contributed by atoms with Crippen LogP contribution in [0.3, 0.4) is 0 Å². The average Bonchev–Trinajstić information content (AvgIpc) is 2.58. The Hall–Kier alpha value is -2.49. The lowest BCUT2D eigenvalue weighted by atomic mass is 10.0. The monoisotopic (exact) mass is 341 g/mol. The first-order valence-corrected chi connectivity index (χ1v) is 8.62. The Morgan fingerprint density at radius 1 is 1.04 bits per heavy atom. The van der Waals surface area contributed by atoms with Crippen LogP contribution in [-0.4, -0.2) is 19.1 Å². The van der Waals surface area contributed by atoms with Crippen LogP contribution in [0.4, 0.5) is 0 Å². The third-order valence-electron chi connectivity index (χ3n) is 4.12. The van der Waals surface area contributed by atoms with Gasteiger partial charge in [0.2, 0.25) is 0 Å². The summed E-state index contributed by atoms with van der Waals surface area (Å²) >= 11 is 0. The van der Waals surface area contributed by atoms with Gasteiger partial charge in [-0.25, -0.2) is 0 Å². The van der Waals surface area contributed by atoms with Crippen molar-refractivity contribution in [2.75, 3.05) is 7.11 Å². The summed E-state index contributed by atoms with van der Waals surface area (Å²) in [7, 11) is 1.64. The van der Waals surface area contributed by atoms with Gasteiger partial charge in [0.15, 0.2) is 6.10 Å². The molecule has 134 valence electrons. The molecular formula is C21H27NO3. The lowest BCUT2D eigenvalue weighted by Gasteiger charge is -2.21. The number of ether oxygens (including phenoxy) is 2. The molecule has 0 aliphatic carbocycles. The predicted octanol–water partition coefficient (Wildman–Crippen LogP) is 4.35. The first-order chi connectivity index (χ1) is 11.9. The standard InChI is InChI=1S/C21H27NO3/c1-6-20(17-7-9-18(24-5)10-8-17)22-21(23)16(4)25-19-12-14(2)11-15(3)13-19/h7-13,16,20H,6H2,1-5H3,(H,22,23)/t16-,20+/m1/s1. The fourth-order valence-corrected chi connectivity index (χ4v) is 2.80. The number of aryl methyl sites for hydroxylation is 2. The third-order valence-corrected chi connectivity index (χ3v) is 4.12. The van der Waals surface area contributed by atoms with Crippen molar-refractivity contribution in [2.24, 2.45) is 0 Å². The van der Waals surface area contributed by atoms with Gasteiger partial charge in [0.05, 0.1) is 13.2 Å². The van der Waals surface area contributed by atoms with Gasteiger partial charge in [-0.1, -0.05) is 25.1 Å². The van der Waals surface area contributed by atoms with Crippen LogP contribution in [0.1, 0.15) is 43.0 Å². The van der Waals surface area contributed by atoms with E-state index in [-0.39, 0.29) is 11.9 Å². The first-order valence-electron chi connectivity index (χ1n) is 8.62. The Bertz CT molecular complexity index is 689. The van der Waals surface area contributed by atoms with E-state index in [2.05, 4.69) is 11.4 Å². The van der Waals surface area contributed by atoms with Crippen molar-refractivity contribution in [1.29, 1.82) is 0 Å². The Morgan fingerprint density at radius 3 is 2.16 bits per heavy atom. The summed E-state index contributed by atoms with van der Waals surface area (Å²) in [5, 5.41) is 3.06. The van der Waals surface area contributed by atoms with Gasteiger partial charge >= 0.3 is 0 Å². The van der Waals surface area contributed by atoms with Crippen LogP contribution < -0.4 is 14.8 Å². The second-order valence-corrected chi connectivity index (χ2v) is 6.33. The highest BCUT2D eigenvalue weighted by Crippen LogP contribution is 2.21. The van der Waals surface area contributed by atoms with E-state index in [1.165, 1.54) is 0 Å². The van der Waals surface area contributed by atoms with Gasteiger partial charge in [-0.05, 0) is 68.1 Å². The molecular weight excluding hydrogens is 314 g/mol. The van der Waals surface area contributed by atoms with Crippen LogP contribution in [0.15, 0.2) is 42.5 Å². The van der Waals surface area contributed by atoms with E-state index in [0.717, 1.165) is 34.6 Å². The lowest BCUT2D eigenvalue weighted by Crippen LogP contribution is -2.38. The summed E-state index contributed by atoms with van der Waals surface area (Å²) in [6, 6.07) is 13.7. The Kier molecular flexibility index (Phi) is 6.45. The molecule has 0 heterocycles. The fraction of sp³-hybridized carbons (Fsp3) is 0.381. The van der Waals surface area contributed by atoms with E-state index in [0.29, 0.717) is 0 Å². The largest absolute Gasteiger partial charge is 0.497 e. The zero-order valence-corrected chi connectivity index (χ0v) is 15.6. The molecule has 0 bridgehead atoms. The molecule has 1 amide bonds. The number of carbonyl (C=O) groups excluding carboxylic acids is 1. The van der Waals surface area contributed by atoms with Crippen molar-refractivity contribution >= 4 is 5.91 Å². The number of carbonyl (C=O) groups is 1. The first kappa shape index (κ1) is 18.8. The van der Waals surface area contributed by atoms with Crippen molar-refractivity contribution in [3.05, 3.63) is 59.2 Å². The van der Waals surface area contributed by atoms with Crippen molar-refractivity contribution in [3.63, 3.8) is 0 Å².